The van der Waals surface area contributed by atoms with E-state index in [0.717, 1.165) is 40.9 Å². The van der Waals surface area contributed by atoms with E-state index in [1.54, 1.807) is 30.0 Å². The first-order valence-electron chi connectivity index (χ1n) is 11.5. The van der Waals surface area contributed by atoms with Gasteiger partial charge in [-0.3, -0.25) is 0 Å². The number of nitrogens with zero attached hydrogens (tertiary/aromatic N) is 5. The molecule has 8 nitrogen and oxygen atoms in total. The molecule has 0 unspecified atom stereocenters. The Kier molecular flexibility index (Phi) is 7.39. The van der Waals surface area contributed by atoms with Gasteiger partial charge < -0.3 is 9.55 Å². The molecule has 2 heterocycles. The van der Waals surface area contributed by atoms with Gasteiger partial charge >= 0.3 is 0 Å². The van der Waals surface area contributed by atoms with Gasteiger partial charge in [0.05, 0.1) is 21.7 Å². The molecule has 0 amide bonds. The Labute approximate surface area is 204 Å². The summed E-state index contributed by atoms with van der Waals surface area (Å²) in [7, 11) is -3.52. The van der Waals surface area contributed by atoms with E-state index in [1.165, 1.54) is 9.87 Å². The van der Waals surface area contributed by atoms with Crippen LogP contribution in [0, 0.1) is 6.92 Å². The molecule has 0 atom stereocenters. The molecule has 0 fully saturated rings. The van der Waals surface area contributed by atoms with Gasteiger partial charge in [-0.2, -0.15) is 4.31 Å². The van der Waals surface area contributed by atoms with Crippen LogP contribution in [-0.4, -0.2) is 50.5 Å². The summed E-state index contributed by atoms with van der Waals surface area (Å²) in [6.45, 7) is 9.58. The molecule has 4 rings (SSSR count). The molecule has 0 spiro atoms. The fraction of sp³-hybridized carbons (Fsp3) is 0.375. The van der Waals surface area contributed by atoms with Gasteiger partial charge in [-0.15, -0.1) is 10.2 Å². The quantitative estimate of drug-likeness (QED) is 0.314. The van der Waals surface area contributed by atoms with Crippen LogP contribution in [0.15, 0.2) is 52.5 Å². The lowest BCUT2D eigenvalue weighted by Crippen LogP contribution is -2.30. The lowest BCUT2D eigenvalue weighted by molar-refractivity contribution is 0.445. The van der Waals surface area contributed by atoms with Gasteiger partial charge in [0.15, 0.2) is 11.0 Å². The number of benzene rings is 2. The zero-order chi connectivity index (χ0) is 24.3. The monoisotopic (exact) mass is 498 g/mol. The molecule has 180 valence electrons. The van der Waals surface area contributed by atoms with Crippen molar-refractivity contribution in [2.24, 2.45) is 0 Å². The molecule has 4 aromatic rings. The van der Waals surface area contributed by atoms with Crippen LogP contribution in [0.2, 0.25) is 0 Å². The van der Waals surface area contributed by atoms with Crippen LogP contribution in [-0.2, 0) is 22.3 Å². The molecule has 0 saturated carbocycles. The summed E-state index contributed by atoms with van der Waals surface area (Å²) in [6, 6.07) is 13.3. The van der Waals surface area contributed by atoms with Crippen LogP contribution in [0.1, 0.15) is 38.6 Å². The summed E-state index contributed by atoms with van der Waals surface area (Å²) >= 11 is 1.57. The van der Waals surface area contributed by atoms with Crippen LogP contribution < -0.4 is 0 Å². The highest BCUT2D eigenvalue weighted by molar-refractivity contribution is 7.98. The number of hydrogen-bond donors (Lipinski definition) is 1. The molecule has 2 aromatic carbocycles. The maximum Gasteiger partial charge on any atom is 0.243 e. The minimum absolute atomic E-state index is 0.275. The number of imidazole rings is 1. The average molecular weight is 499 g/mol. The second kappa shape index (κ2) is 10.3. The first-order chi connectivity index (χ1) is 16.4. The number of aromatic nitrogens is 5. The molecule has 34 heavy (non-hydrogen) atoms. The second-order valence-corrected chi connectivity index (χ2v) is 10.9. The van der Waals surface area contributed by atoms with E-state index < -0.39 is 10.0 Å². The number of aromatic amines is 1. The summed E-state index contributed by atoms with van der Waals surface area (Å²) in [5.74, 6) is 2.20. The Morgan fingerprint density at radius 1 is 1.06 bits per heavy atom. The molecule has 0 saturated heterocycles. The fourth-order valence-electron chi connectivity index (χ4n) is 3.93. The first kappa shape index (κ1) is 24.4. The van der Waals surface area contributed by atoms with Crippen LogP contribution in [0.25, 0.3) is 22.4 Å². The van der Waals surface area contributed by atoms with Crippen LogP contribution in [0.4, 0.5) is 0 Å². The Morgan fingerprint density at radius 2 is 1.85 bits per heavy atom. The van der Waals surface area contributed by atoms with E-state index in [9.17, 15) is 8.42 Å². The van der Waals surface area contributed by atoms with Gasteiger partial charge in [0, 0.05) is 25.2 Å². The summed E-state index contributed by atoms with van der Waals surface area (Å²) in [5, 5.41) is 9.74. The lowest BCUT2D eigenvalue weighted by Gasteiger charge is -2.18. The molecule has 0 aliphatic carbocycles. The Balaban J connectivity index is 1.57. The summed E-state index contributed by atoms with van der Waals surface area (Å²) < 4.78 is 29.3. The van der Waals surface area contributed by atoms with Crippen LogP contribution in [0.3, 0.4) is 0 Å². The zero-order valence-electron chi connectivity index (χ0n) is 19.9. The molecule has 0 bridgehead atoms. The fourth-order valence-corrected chi connectivity index (χ4v) is 6.25. The molecule has 1 N–H and O–H groups in total. The van der Waals surface area contributed by atoms with Crippen molar-refractivity contribution in [2.45, 2.75) is 56.5 Å². The van der Waals surface area contributed by atoms with Crippen molar-refractivity contribution in [3.05, 3.63) is 53.9 Å². The van der Waals surface area contributed by atoms with Crippen LogP contribution >= 0.6 is 11.8 Å². The van der Waals surface area contributed by atoms with Crippen molar-refractivity contribution in [2.75, 3.05) is 13.1 Å². The third-order valence-electron chi connectivity index (χ3n) is 5.62. The number of nitrogens with one attached hydrogen (secondary N) is 1. The molecular weight excluding hydrogens is 468 g/mol. The Morgan fingerprint density at radius 3 is 2.56 bits per heavy atom. The first-order valence-corrected chi connectivity index (χ1v) is 13.9. The number of fused-ring (bicyclic) bond motifs is 1. The predicted molar refractivity (Wildman–Crippen MR) is 136 cm³/mol. The van der Waals surface area contributed by atoms with Crippen molar-refractivity contribution in [1.82, 2.24) is 29.0 Å². The maximum atomic E-state index is 12.9. The average Bonchev–Trinajstić information content (AvgIpc) is 3.41. The third kappa shape index (κ3) is 4.89. The number of aryl methyl sites for hydroxylation is 1. The normalized spacial score (nSPS) is 12.1. The number of rotatable bonds is 10. The van der Waals surface area contributed by atoms with Crippen molar-refractivity contribution >= 4 is 32.8 Å². The topological polar surface area (TPSA) is 96.8 Å². The smallest absolute Gasteiger partial charge is 0.243 e. The van der Waals surface area contributed by atoms with Gasteiger partial charge in [0.25, 0.3) is 0 Å². The molecular formula is C24H30N6O2S2. The van der Waals surface area contributed by atoms with Gasteiger partial charge in [-0.1, -0.05) is 56.3 Å². The lowest BCUT2D eigenvalue weighted by atomic mass is 10.1. The van der Waals surface area contributed by atoms with E-state index in [4.69, 9.17) is 0 Å². The van der Waals surface area contributed by atoms with Gasteiger partial charge in [0.1, 0.15) is 5.82 Å². The minimum Gasteiger partial charge on any atom is -0.341 e. The number of thioether (sulfide) groups is 1. The van der Waals surface area contributed by atoms with Crippen LogP contribution in [0.5, 0.6) is 0 Å². The largest absolute Gasteiger partial charge is 0.341 e. The molecule has 2 aromatic heterocycles. The molecule has 0 aliphatic rings. The van der Waals surface area contributed by atoms with Crippen molar-refractivity contribution < 1.29 is 8.42 Å². The highest BCUT2D eigenvalue weighted by atomic mass is 32.2. The van der Waals surface area contributed by atoms with E-state index in [1.807, 2.05) is 19.9 Å². The number of H-pyrrole nitrogens is 1. The van der Waals surface area contributed by atoms with Gasteiger partial charge in [-0.25, -0.2) is 13.4 Å². The predicted octanol–water partition coefficient (Wildman–Crippen LogP) is 4.86. The van der Waals surface area contributed by atoms with E-state index in [-0.39, 0.29) is 4.90 Å². The molecule has 10 heteroatoms. The summed E-state index contributed by atoms with van der Waals surface area (Å²) in [5.41, 5.74) is 3.68. The standard InChI is InChI=1S/C24H30N6O2S2/c1-5-13-30-23(18-10-8-9-17(4)14-18)27-28-24(30)33-16-22-25-20-12-11-19(15-21(20)26-22)34(31,32)29(6-2)7-3/h8-12,14-15H,5-7,13,16H2,1-4H3,(H,25,26). The van der Waals surface area contributed by atoms with Crippen molar-refractivity contribution in [3.63, 3.8) is 0 Å². The SMILES string of the molecule is CCCn1c(SCc2nc3ccc(S(=O)(=O)N(CC)CC)cc3[nH]2)nnc1-c1cccc(C)c1. The van der Waals surface area contributed by atoms with E-state index >= 15 is 0 Å². The maximum absolute atomic E-state index is 12.9. The third-order valence-corrected chi connectivity index (χ3v) is 8.65. The van der Waals surface area contributed by atoms with E-state index in [0.29, 0.717) is 24.4 Å². The molecule has 0 radical (unpaired) electrons. The van der Waals surface area contributed by atoms with Crippen molar-refractivity contribution in [3.8, 4) is 11.4 Å². The highest BCUT2D eigenvalue weighted by Gasteiger charge is 2.22. The molecule has 0 aliphatic heterocycles. The van der Waals surface area contributed by atoms with E-state index in [2.05, 4.69) is 56.8 Å². The Bertz CT molecular complexity index is 1390. The minimum atomic E-state index is -3.52. The highest BCUT2D eigenvalue weighted by Crippen LogP contribution is 2.28. The van der Waals surface area contributed by atoms with Gasteiger partial charge in [-0.05, 0) is 37.6 Å². The zero-order valence-corrected chi connectivity index (χ0v) is 21.6. The summed E-state index contributed by atoms with van der Waals surface area (Å²) in [4.78, 5) is 8.20. The van der Waals surface area contributed by atoms with Gasteiger partial charge in [0.2, 0.25) is 10.0 Å². The second-order valence-electron chi connectivity index (χ2n) is 8.07. The summed E-state index contributed by atoms with van der Waals surface area (Å²) in [6.07, 6.45) is 0.971. The Hall–Kier alpha value is -2.69. The number of sulfonamides is 1. The van der Waals surface area contributed by atoms with Crippen molar-refractivity contribution in [1.29, 1.82) is 0 Å². The number of hydrogen-bond acceptors (Lipinski definition) is 6.